The molecule has 0 bridgehead atoms. The van der Waals surface area contributed by atoms with Crippen LogP contribution in [-0.4, -0.2) is 22.9 Å². The van der Waals surface area contributed by atoms with Crippen molar-refractivity contribution in [3.8, 4) is 5.75 Å². The van der Waals surface area contributed by atoms with Crippen molar-refractivity contribution in [3.63, 3.8) is 0 Å². The summed E-state index contributed by atoms with van der Waals surface area (Å²) in [5.74, 6) is -7.23. The summed E-state index contributed by atoms with van der Waals surface area (Å²) in [4.78, 5) is 11.7. The fraction of sp³-hybridized carbons (Fsp3) is 0.500. The van der Waals surface area contributed by atoms with Gasteiger partial charge in [-0.15, -0.1) is 11.6 Å². The molecule has 0 saturated heterocycles. The van der Waals surface area contributed by atoms with Crippen LogP contribution in [0.3, 0.4) is 0 Å². The molecule has 7 heteroatoms. The molecule has 0 fully saturated rings. The second kappa shape index (κ2) is 6.56. The number of halogens is 4. The Hall–Kier alpha value is -1.43. The number of phenols is 1. The predicted octanol–water partition coefficient (Wildman–Crippen LogP) is 3.58. The van der Waals surface area contributed by atoms with E-state index in [1.54, 1.807) is 0 Å². The van der Waals surface area contributed by atoms with Gasteiger partial charge in [0.2, 0.25) is 5.82 Å². The Morgan fingerprint density at radius 2 is 1.90 bits per heavy atom. The number of amides is 1. The van der Waals surface area contributed by atoms with E-state index in [9.17, 15) is 18.0 Å². The van der Waals surface area contributed by atoms with E-state index in [0.717, 1.165) is 0 Å². The minimum atomic E-state index is -1.73. The van der Waals surface area contributed by atoms with E-state index in [1.807, 2.05) is 20.8 Å². The van der Waals surface area contributed by atoms with E-state index < -0.39 is 40.0 Å². The molecule has 0 heterocycles. The van der Waals surface area contributed by atoms with Gasteiger partial charge < -0.3 is 10.4 Å². The highest BCUT2D eigenvalue weighted by atomic mass is 35.5. The zero-order chi connectivity index (χ0) is 16.4. The molecule has 1 atom stereocenters. The third kappa shape index (κ3) is 4.81. The molecule has 21 heavy (non-hydrogen) atoms. The number of phenolic OH excluding ortho intramolecular Hbond substituents is 1. The zero-order valence-electron chi connectivity index (χ0n) is 11.9. The Kier molecular flexibility index (Phi) is 5.50. The first kappa shape index (κ1) is 17.6. The van der Waals surface area contributed by atoms with Crippen molar-refractivity contribution in [2.75, 3.05) is 6.54 Å². The second-order valence-electron chi connectivity index (χ2n) is 5.95. The lowest BCUT2D eigenvalue weighted by molar-refractivity contribution is 0.0946. The van der Waals surface area contributed by atoms with Gasteiger partial charge >= 0.3 is 0 Å². The van der Waals surface area contributed by atoms with Gasteiger partial charge in [-0.05, 0) is 17.9 Å². The van der Waals surface area contributed by atoms with Gasteiger partial charge in [0.15, 0.2) is 17.4 Å². The summed E-state index contributed by atoms with van der Waals surface area (Å²) in [7, 11) is 0. The van der Waals surface area contributed by atoms with Crippen LogP contribution in [0.15, 0.2) is 6.07 Å². The van der Waals surface area contributed by atoms with E-state index >= 15 is 0 Å². The van der Waals surface area contributed by atoms with Gasteiger partial charge in [-0.1, -0.05) is 20.8 Å². The van der Waals surface area contributed by atoms with Crippen LogP contribution >= 0.6 is 11.6 Å². The van der Waals surface area contributed by atoms with Crippen LogP contribution in [-0.2, 0) is 0 Å². The number of hydrogen-bond donors (Lipinski definition) is 2. The highest BCUT2D eigenvalue weighted by molar-refractivity contribution is 6.21. The van der Waals surface area contributed by atoms with Crippen molar-refractivity contribution in [1.82, 2.24) is 5.32 Å². The van der Waals surface area contributed by atoms with E-state index in [0.29, 0.717) is 12.5 Å². The number of rotatable bonds is 4. The predicted molar refractivity (Wildman–Crippen MR) is 74.0 cm³/mol. The topological polar surface area (TPSA) is 49.3 Å². The lowest BCUT2D eigenvalue weighted by atomic mass is 9.90. The van der Waals surface area contributed by atoms with Crippen molar-refractivity contribution in [2.24, 2.45) is 5.41 Å². The molecule has 0 aliphatic rings. The zero-order valence-corrected chi connectivity index (χ0v) is 12.7. The molecule has 1 amide bonds. The summed E-state index contributed by atoms with van der Waals surface area (Å²) in [6.45, 7) is 5.95. The number of hydrogen-bond acceptors (Lipinski definition) is 2. The summed E-state index contributed by atoms with van der Waals surface area (Å²) in [5.41, 5.74) is -0.825. The Morgan fingerprint density at radius 3 is 2.43 bits per heavy atom. The quantitative estimate of drug-likeness (QED) is 0.657. The summed E-state index contributed by atoms with van der Waals surface area (Å²) in [5, 5.41) is 11.0. The van der Waals surface area contributed by atoms with Gasteiger partial charge in [0.25, 0.3) is 5.91 Å². The molecule has 118 valence electrons. The second-order valence-corrected chi connectivity index (χ2v) is 6.57. The summed E-state index contributed by atoms with van der Waals surface area (Å²) in [6, 6.07) is 0.396. The highest BCUT2D eigenvalue weighted by Gasteiger charge is 2.23. The van der Waals surface area contributed by atoms with Crippen molar-refractivity contribution in [3.05, 3.63) is 29.1 Å². The normalized spacial score (nSPS) is 13.1. The average molecular weight is 324 g/mol. The van der Waals surface area contributed by atoms with Gasteiger partial charge in [-0.25, -0.2) is 8.78 Å². The number of carbonyl (C=O) groups excluding carboxylic acids is 1. The Bertz CT molecular complexity index is 544. The Morgan fingerprint density at radius 1 is 1.33 bits per heavy atom. The largest absolute Gasteiger partial charge is 0.503 e. The van der Waals surface area contributed by atoms with Crippen LogP contribution < -0.4 is 5.32 Å². The molecule has 1 aromatic rings. The molecule has 2 N–H and O–H groups in total. The smallest absolute Gasteiger partial charge is 0.254 e. The molecular formula is C14H17ClF3NO2. The summed E-state index contributed by atoms with van der Waals surface area (Å²) >= 11 is 6.03. The first-order chi connectivity index (χ1) is 9.53. The van der Waals surface area contributed by atoms with Crippen LogP contribution in [0.1, 0.15) is 37.6 Å². The monoisotopic (exact) mass is 323 g/mol. The lowest BCUT2D eigenvalue weighted by Gasteiger charge is -2.22. The fourth-order valence-electron chi connectivity index (χ4n) is 1.79. The van der Waals surface area contributed by atoms with Gasteiger partial charge in [0.1, 0.15) is 0 Å². The van der Waals surface area contributed by atoms with Crippen molar-refractivity contribution in [2.45, 2.75) is 32.6 Å². The van der Waals surface area contributed by atoms with Gasteiger partial charge in [0, 0.05) is 6.54 Å². The molecule has 3 nitrogen and oxygen atoms in total. The third-order valence-corrected chi connectivity index (χ3v) is 3.00. The van der Waals surface area contributed by atoms with Crippen LogP contribution in [0.5, 0.6) is 5.75 Å². The highest BCUT2D eigenvalue weighted by Crippen LogP contribution is 2.26. The standard InChI is InChI=1S/C14H17ClF3NO2/c1-14(2,3)5-7(15)6-19-13(21)8-4-9(16)11(18)12(20)10(8)17/h4,7,20H,5-6H2,1-3H3,(H,19,21). The molecule has 0 aromatic heterocycles. The molecule has 0 aliphatic heterocycles. The molecule has 1 aromatic carbocycles. The molecule has 0 radical (unpaired) electrons. The van der Waals surface area contributed by atoms with Gasteiger partial charge in [-0.3, -0.25) is 4.79 Å². The number of aromatic hydroxyl groups is 1. The first-order valence-electron chi connectivity index (χ1n) is 6.31. The number of carbonyl (C=O) groups is 1. The Labute approximate surface area is 126 Å². The van der Waals surface area contributed by atoms with E-state index in [4.69, 9.17) is 16.7 Å². The minimum absolute atomic E-state index is 0.0385. The average Bonchev–Trinajstić information content (AvgIpc) is 2.35. The van der Waals surface area contributed by atoms with Crippen LogP contribution in [0.25, 0.3) is 0 Å². The van der Waals surface area contributed by atoms with Crippen LogP contribution in [0.2, 0.25) is 0 Å². The first-order valence-corrected chi connectivity index (χ1v) is 6.75. The number of nitrogens with one attached hydrogen (secondary N) is 1. The summed E-state index contributed by atoms with van der Waals surface area (Å²) in [6.07, 6.45) is 0.598. The van der Waals surface area contributed by atoms with Crippen LogP contribution in [0.4, 0.5) is 13.2 Å². The van der Waals surface area contributed by atoms with Crippen molar-refractivity contribution in [1.29, 1.82) is 0 Å². The van der Waals surface area contributed by atoms with Gasteiger partial charge in [-0.2, -0.15) is 4.39 Å². The van der Waals surface area contributed by atoms with Gasteiger partial charge in [0.05, 0.1) is 10.9 Å². The van der Waals surface area contributed by atoms with Crippen molar-refractivity contribution >= 4 is 17.5 Å². The van der Waals surface area contributed by atoms with E-state index in [2.05, 4.69) is 5.32 Å². The van der Waals surface area contributed by atoms with Crippen LogP contribution in [0, 0.1) is 22.9 Å². The SMILES string of the molecule is CC(C)(C)CC(Cl)CNC(=O)c1cc(F)c(F)c(O)c1F. The molecule has 1 rings (SSSR count). The fourth-order valence-corrected chi connectivity index (χ4v) is 2.33. The summed E-state index contributed by atoms with van der Waals surface area (Å²) < 4.78 is 39.5. The molecule has 0 aliphatic carbocycles. The maximum Gasteiger partial charge on any atom is 0.254 e. The maximum absolute atomic E-state index is 13.5. The molecular weight excluding hydrogens is 307 g/mol. The Balaban J connectivity index is 2.78. The maximum atomic E-state index is 13.5. The van der Waals surface area contributed by atoms with E-state index in [-0.39, 0.29) is 12.0 Å². The van der Waals surface area contributed by atoms with E-state index in [1.165, 1.54) is 0 Å². The molecule has 0 spiro atoms. The molecule has 0 saturated carbocycles. The number of benzene rings is 1. The molecule has 1 unspecified atom stereocenters. The third-order valence-electron chi connectivity index (χ3n) is 2.70. The van der Waals surface area contributed by atoms with Crippen molar-refractivity contribution < 1.29 is 23.1 Å². The lowest BCUT2D eigenvalue weighted by Crippen LogP contribution is -2.32. The minimum Gasteiger partial charge on any atom is -0.503 e. The number of alkyl halides is 1.